The minimum atomic E-state index is -0.114. The Bertz CT molecular complexity index is 295. The molecule has 0 amide bonds. The van der Waals surface area contributed by atoms with Gasteiger partial charge in [-0.25, -0.2) is 0 Å². The predicted octanol–water partition coefficient (Wildman–Crippen LogP) is 2.32. The van der Waals surface area contributed by atoms with Crippen LogP contribution in [0.4, 0.5) is 0 Å². The number of aliphatic hydroxyl groups is 1. The van der Waals surface area contributed by atoms with Gasteiger partial charge in [-0.1, -0.05) is 30.3 Å². The number of rotatable bonds is 6. The van der Waals surface area contributed by atoms with Crippen molar-refractivity contribution in [3.8, 4) is 0 Å². The molecule has 0 aliphatic carbocycles. The highest BCUT2D eigenvalue weighted by Gasteiger charge is 2.21. The molecule has 0 aromatic heterocycles. The molecule has 0 bridgehead atoms. The topological polar surface area (TPSA) is 23.5 Å². The molecule has 0 saturated carbocycles. The molecule has 2 heteroatoms. The Morgan fingerprint density at radius 1 is 1.19 bits per heavy atom. The first kappa shape index (κ1) is 13.2. The van der Waals surface area contributed by atoms with Gasteiger partial charge in [0.25, 0.3) is 0 Å². The molecule has 90 valence electrons. The number of hydrogen-bond donors (Lipinski definition) is 1. The minimum Gasteiger partial charge on any atom is -0.394 e. The lowest BCUT2D eigenvalue weighted by molar-refractivity contribution is 0.0783. The van der Waals surface area contributed by atoms with Crippen LogP contribution in [0.15, 0.2) is 30.3 Å². The molecule has 0 heterocycles. The van der Waals surface area contributed by atoms with E-state index in [1.54, 1.807) is 0 Å². The maximum absolute atomic E-state index is 9.24. The van der Waals surface area contributed by atoms with Gasteiger partial charge in [0.15, 0.2) is 0 Å². The maximum atomic E-state index is 9.24. The number of hydrogen-bond acceptors (Lipinski definition) is 2. The number of nitrogens with zero attached hydrogens (tertiary/aromatic N) is 1. The van der Waals surface area contributed by atoms with Crippen molar-refractivity contribution in [3.63, 3.8) is 0 Å². The number of aliphatic hydroxyl groups excluding tert-OH is 1. The molecular weight excluding hydrogens is 198 g/mol. The largest absolute Gasteiger partial charge is 0.394 e. The van der Waals surface area contributed by atoms with Crippen LogP contribution < -0.4 is 0 Å². The summed E-state index contributed by atoms with van der Waals surface area (Å²) in [5.74, 6) is 0. The van der Waals surface area contributed by atoms with Gasteiger partial charge >= 0.3 is 0 Å². The molecule has 0 spiro atoms. The summed E-state index contributed by atoms with van der Waals surface area (Å²) in [5, 5.41) is 9.24. The molecule has 1 N–H and O–H groups in total. The van der Waals surface area contributed by atoms with E-state index in [-0.39, 0.29) is 12.1 Å². The van der Waals surface area contributed by atoms with Crippen molar-refractivity contribution in [1.82, 2.24) is 4.90 Å². The third-order valence-corrected chi connectivity index (χ3v) is 3.22. The summed E-state index contributed by atoms with van der Waals surface area (Å²) in [5.41, 5.74) is 1.27. The first-order valence-electron chi connectivity index (χ1n) is 5.92. The fourth-order valence-electron chi connectivity index (χ4n) is 1.59. The maximum Gasteiger partial charge on any atom is 0.0609 e. The molecule has 1 aromatic rings. The second-order valence-corrected chi connectivity index (χ2v) is 4.98. The van der Waals surface area contributed by atoms with Gasteiger partial charge < -0.3 is 5.11 Å². The molecule has 0 aliphatic heterocycles. The van der Waals surface area contributed by atoms with Crippen LogP contribution in [-0.2, 0) is 6.42 Å². The normalized spacial score (nSPS) is 12.1. The predicted molar refractivity (Wildman–Crippen MR) is 68.6 cm³/mol. The number of likely N-dealkylation sites (N-methyl/N-ethyl adjacent to an activating group) is 1. The monoisotopic (exact) mass is 221 g/mol. The van der Waals surface area contributed by atoms with Gasteiger partial charge in [0.2, 0.25) is 0 Å². The Hall–Kier alpha value is -0.860. The summed E-state index contributed by atoms with van der Waals surface area (Å²) in [7, 11) is 2.07. The smallest absolute Gasteiger partial charge is 0.0609 e. The van der Waals surface area contributed by atoms with Gasteiger partial charge in [0.05, 0.1) is 6.61 Å². The number of benzene rings is 1. The third-order valence-electron chi connectivity index (χ3n) is 3.22. The fraction of sp³-hybridized carbons (Fsp3) is 0.571. The zero-order valence-corrected chi connectivity index (χ0v) is 10.6. The first-order chi connectivity index (χ1) is 7.56. The van der Waals surface area contributed by atoms with E-state index in [1.165, 1.54) is 5.56 Å². The molecular formula is C14H23NO. The van der Waals surface area contributed by atoms with Crippen molar-refractivity contribution in [1.29, 1.82) is 0 Å². The molecule has 2 nitrogen and oxygen atoms in total. The van der Waals surface area contributed by atoms with Gasteiger partial charge in [-0.3, -0.25) is 4.90 Å². The average molecular weight is 221 g/mol. The Balaban J connectivity index is 2.31. The highest BCUT2D eigenvalue weighted by atomic mass is 16.3. The van der Waals surface area contributed by atoms with Crippen LogP contribution in [0.1, 0.15) is 25.8 Å². The van der Waals surface area contributed by atoms with E-state index in [9.17, 15) is 5.11 Å². The highest BCUT2D eigenvalue weighted by Crippen LogP contribution is 2.12. The summed E-state index contributed by atoms with van der Waals surface area (Å²) in [6.07, 6.45) is 2.23. The Kier molecular flexibility index (Phi) is 4.97. The minimum absolute atomic E-state index is 0.114. The van der Waals surface area contributed by atoms with Crippen LogP contribution in [-0.4, -0.2) is 35.7 Å². The molecule has 1 rings (SSSR count). The zero-order chi connectivity index (χ0) is 12.0. The quantitative estimate of drug-likeness (QED) is 0.797. The standard InChI is InChI=1S/C14H23NO/c1-14(2,12-16)15(3)11-7-10-13-8-5-4-6-9-13/h4-6,8-9,16H,7,10-12H2,1-3H3. The van der Waals surface area contributed by atoms with Gasteiger partial charge in [-0.05, 0) is 45.8 Å². The van der Waals surface area contributed by atoms with E-state index in [1.807, 2.05) is 6.07 Å². The van der Waals surface area contributed by atoms with Crippen LogP contribution in [0.25, 0.3) is 0 Å². The summed E-state index contributed by atoms with van der Waals surface area (Å²) in [6, 6.07) is 10.5. The molecule has 1 aromatic carbocycles. The molecule has 0 saturated heterocycles. The van der Waals surface area contributed by atoms with Crippen LogP contribution >= 0.6 is 0 Å². The van der Waals surface area contributed by atoms with Gasteiger partial charge in [-0.15, -0.1) is 0 Å². The average Bonchev–Trinajstić information content (AvgIpc) is 2.30. The van der Waals surface area contributed by atoms with Crippen molar-refractivity contribution in [2.75, 3.05) is 20.2 Å². The molecule has 0 radical (unpaired) electrons. The van der Waals surface area contributed by atoms with Gasteiger partial charge in [0, 0.05) is 5.54 Å². The van der Waals surface area contributed by atoms with E-state index in [0.29, 0.717) is 0 Å². The second kappa shape index (κ2) is 6.02. The van der Waals surface area contributed by atoms with Crippen LogP contribution in [0, 0.1) is 0 Å². The molecule has 0 atom stereocenters. The molecule has 0 unspecified atom stereocenters. The summed E-state index contributed by atoms with van der Waals surface area (Å²) in [4.78, 5) is 2.22. The number of aryl methyl sites for hydroxylation is 1. The van der Waals surface area contributed by atoms with Crippen LogP contribution in [0.5, 0.6) is 0 Å². The second-order valence-electron chi connectivity index (χ2n) is 4.98. The van der Waals surface area contributed by atoms with E-state index < -0.39 is 0 Å². The fourth-order valence-corrected chi connectivity index (χ4v) is 1.59. The lowest BCUT2D eigenvalue weighted by atomic mass is 10.0. The molecule has 0 fully saturated rings. The van der Waals surface area contributed by atoms with E-state index in [0.717, 1.165) is 19.4 Å². The lowest BCUT2D eigenvalue weighted by Crippen LogP contribution is -2.44. The summed E-state index contributed by atoms with van der Waals surface area (Å²) in [6.45, 7) is 5.35. The van der Waals surface area contributed by atoms with Crippen molar-refractivity contribution in [3.05, 3.63) is 35.9 Å². The third kappa shape index (κ3) is 3.95. The zero-order valence-electron chi connectivity index (χ0n) is 10.6. The van der Waals surface area contributed by atoms with Crippen LogP contribution in [0.2, 0.25) is 0 Å². The first-order valence-corrected chi connectivity index (χ1v) is 5.92. The summed E-state index contributed by atoms with van der Waals surface area (Å²) < 4.78 is 0. The van der Waals surface area contributed by atoms with E-state index in [4.69, 9.17) is 0 Å². The summed E-state index contributed by atoms with van der Waals surface area (Å²) >= 11 is 0. The Morgan fingerprint density at radius 2 is 1.81 bits per heavy atom. The van der Waals surface area contributed by atoms with Gasteiger partial charge in [0.1, 0.15) is 0 Å². The van der Waals surface area contributed by atoms with Crippen LogP contribution in [0.3, 0.4) is 0 Å². The molecule has 16 heavy (non-hydrogen) atoms. The van der Waals surface area contributed by atoms with Crippen molar-refractivity contribution >= 4 is 0 Å². The Morgan fingerprint density at radius 3 is 2.38 bits per heavy atom. The SMILES string of the molecule is CN(CCCc1ccccc1)C(C)(C)CO. The lowest BCUT2D eigenvalue weighted by Gasteiger charge is -2.33. The van der Waals surface area contributed by atoms with Gasteiger partial charge in [-0.2, -0.15) is 0 Å². The van der Waals surface area contributed by atoms with Crippen molar-refractivity contribution in [2.45, 2.75) is 32.2 Å². The van der Waals surface area contributed by atoms with E-state index in [2.05, 4.69) is 50.1 Å². The van der Waals surface area contributed by atoms with Crippen molar-refractivity contribution in [2.24, 2.45) is 0 Å². The highest BCUT2D eigenvalue weighted by molar-refractivity contribution is 5.14. The Labute approximate surface area is 98.9 Å². The molecule has 0 aliphatic rings. The van der Waals surface area contributed by atoms with E-state index >= 15 is 0 Å². The van der Waals surface area contributed by atoms with Crippen molar-refractivity contribution < 1.29 is 5.11 Å².